The second-order valence-electron chi connectivity index (χ2n) is 3.76. The van der Waals surface area contributed by atoms with Gasteiger partial charge in [0, 0.05) is 6.07 Å². The van der Waals surface area contributed by atoms with Gasteiger partial charge in [0.15, 0.2) is 0 Å². The molecule has 0 saturated heterocycles. The molecule has 0 heterocycles. The molecule has 16 heavy (non-hydrogen) atoms. The van der Waals surface area contributed by atoms with Crippen LogP contribution in [0.1, 0.15) is 19.4 Å². The van der Waals surface area contributed by atoms with Crippen LogP contribution in [-0.2, 0) is 0 Å². The maximum Gasteiger partial charge on any atom is 0.137 e. The summed E-state index contributed by atoms with van der Waals surface area (Å²) in [5, 5.41) is 7.11. The Morgan fingerprint density at radius 2 is 2.12 bits per heavy atom. The van der Waals surface area contributed by atoms with Crippen molar-refractivity contribution in [1.29, 1.82) is 5.41 Å². The van der Waals surface area contributed by atoms with Gasteiger partial charge in [0.25, 0.3) is 0 Å². The van der Waals surface area contributed by atoms with Crippen LogP contribution >= 0.6 is 12.4 Å². The highest BCUT2D eigenvalue weighted by atomic mass is 35.5. The summed E-state index contributed by atoms with van der Waals surface area (Å²) in [5.74, 6) is 0.0541. The lowest BCUT2D eigenvalue weighted by Crippen LogP contribution is -2.13. The highest BCUT2D eigenvalue weighted by Gasteiger charge is 2.06. The van der Waals surface area contributed by atoms with Gasteiger partial charge in [0.1, 0.15) is 17.4 Å². The Hall–Kier alpha value is -1.29. The number of ether oxygens (including phenoxy) is 1. The predicted octanol–water partition coefficient (Wildman–Crippen LogP) is 2.57. The van der Waals surface area contributed by atoms with Gasteiger partial charge in [-0.1, -0.05) is 13.8 Å². The van der Waals surface area contributed by atoms with Gasteiger partial charge < -0.3 is 10.5 Å². The summed E-state index contributed by atoms with van der Waals surface area (Å²) >= 11 is 0. The fourth-order valence-electron chi connectivity index (χ4n) is 1.07. The van der Waals surface area contributed by atoms with Gasteiger partial charge in [0.05, 0.1) is 12.2 Å². The minimum absolute atomic E-state index is 0. The number of hydrogen-bond acceptors (Lipinski definition) is 2. The number of hydrogen-bond donors (Lipinski definition) is 2. The van der Waals surface area contributed by atoms with E-state index in [9.17, 15) is 4.39 Å². The molecule has 0 saturated carbocycles. The van der Waals surface area contributed by atoms with E-state index in [4.69, 9.17) is 15.9 Å². The fraction of sp³-hybridized carbons (Fsp3) is 0.364. The van der Waals surface area contributed by atoms with E-state index < -0.39 is 5.82 Å². The Balaban J connectivity index is 0.00000225. The zero-order chi connectivity index (χ0) is 11.4. The van der Waals surface area contributed by atoms with Crippen LogP contribution in [0.15, 0.2) is 18.2 Å². The Kier molecular flexibility index (Phi) is 5.82. The average molecular weight is 247 g/mol. The van der Waals surface area contributed by atoms with E-state index in [0.717, 1.165) is 0 Å². The summed E-state index contributed by atoms with van der Waals surface area (Å²) in [6.07, 6.45) is 0. The van der Waals surface area contributed by atoms with Crippen LogP contribution in [0.3, 0.4) is 0 Å². The summed E-state index contributed by atoms with van der Waals surface area (Å²) in [6.45, 7) is 4.57. The summed E-state index contributed by atoms with van der Waals surface area (Å²) in [5.41, 5.74) is 5.29. The topological polar surface area (TPSA) is 59.1 Å². The highest BCUT2D eigenvalue weighted by molar-refractivity contribution is 5.95. The number of nitrogens with two attached hydrogens (primary N) is 1. The maximum atomic E-state index is 13.3. The van der Waals surface area contributed by atoms with Crippen molar-refractivity contribution in [2.45, 2.75) is 13.8 Å². The van der Waals surface area contributed by atoms with Crippen LogP contribution in [0, 0.1) is 17.1 Å². The third kappa shape index (κ3) is 4.06. The summed E-state index contributed by atoms with van der Waals surface area (Å²) in [4.78, 5) is 0. The van der Waals surface area contributed by atoms with Crippen LogP contribution in [0.2, 0.25) is 0 Å². The van der Waals surface area contributed by atoms with Crippen LogP contribution in [0.4, 0.5) is 4.39 Å². The average Bonchev–Trinajstić information content (AvgIpc) is 2.14. The quantitative estimate of drug-likeness (QED) is 0.634. The standard InChI is InChI=1S/C11H15FN2O.ClH/c1-7(2)6-15-8-3-4-9(11(13)14)10(12)5-8;/h3-5,7H,6H2,1-2H3,(H3,13,14);1H. The van der Waals surface area contributed by atoms with Crippen molar-refractivity contribution in [2.75, 3.05) is 6.61 Å². The molecule has 1 rings (SSSR count). The highest BCUT2D eigenvalue weighted by Crippen LogP contribution is 2.16. The number of rotatable bonds is 4. The molecular formula is C11H16ClFN2O. The molecule has 0 aromatic heterocycles. The summed E-state index contributed by atoms with van der Waals surface area (Å²) in [7, 11) is 0. The van der Waals surface area contributed by atoms with E-state index in [2.05, 4.69) is 0 Å². The number of nitrogen functional groups attached to an aromatic ring is 1. The van der Waals surface area contributed by atoms with Gasteiger partial charge in [-0.05, 0) is 18.1 Å². The SMILES string of the molecule is CC(C)COc1ccc(C(=N)N)c(F)c1.Cl. The minimum atomic E-state index is -0.524. The first-order valence-corrected chi connectivity index (χ1v) is 4.77. The fourth-order valence-corrected chi connectivity index (χ4v) is 1.07. The molecule has 0 aliphatic carbocycles. The monoisotopic (exact) mass is 246 g/mol. The predicted molar refractivity (Wildman–Crippen MR) is 65.0 cm³/mol. The van der Waals surface area contributed by atoms with Crippen LogP contribution in [0.5, 0.6) is 5.75 Å². The van der Waals surface area contributed by atoms with E-state index in [1.807, 2.05) is 13.8 Å². The molecule has 0 spiro atoms. The lowest BCUT2D eigenvalue weighted by molar-refractivity contribution is 0.270. The van der Waals surface area contributed by atoms with Gasteiger partial charge in [-0.15, -0.1) is 12.4 Å². The first-order chi connectivity index (χ1) is 7.00. The molecule has 0 atom stereocenters. The Morgan fingerprint density at radius 3 is 2.56 bits per heavy atom. The summed E-state index contributed by atoms with van der Waals surface area (Å²) in [6, 6.07) is 4.31. The van der Waals surface area contributed by atoms with Crippen molar-refractivity contribution in [3.8, 4) is 5.75 Å². The lowest BCUT2D eigenvalue weighted by Gasteiger charge is -2.09. The first-order valence-electron chi connectivity index (χ1n) is 4.77. The van der Waals surface area contributed by atoms with Gasteiger partial charge in [-0.2, -0.15) is 0 Å². The zero-order valence-corrected chi connectivity index (χ0v) is 10.1. The molecular weight excluding hydrogens is 231 g/mol. The smallest absolute Gasteiger partial charge is 0.137 e. The number of benzene rings is 1. The van der Waals surface area contributed by atoms with E-state index in [-0.39, 0.29) is 23.8 Å². The zero-order valence-electron chi connectivity index (χ0n) is 9.29. The molecule has 0 bridgehead atoms. The number of amidine groups is 1. The van der Waals surface area contributed by atoms with E-state index in [1.165, 1.54) is 12.1 Å². The van der Waals surface area contributed by atoms with Crippen molar-refractivity contribution in [2.24, 2.45) is 11.7 Å². The Morgan fingerprint density at radius 1 is 1.50 bits per heavy atom. The molecule has 5 heteroatoms. The number of nitrogens with one attached hydrogen (secondary N) is 1. The van der Waals surface area contributed by atoms with Gasteiger partial charge >= 0.3 is 0 Å². The Bertz CT molecular complexity index is 369. The molecule has 0 amide bonds. The molecule has 0 aliphatic heterocycles. The molecule has 0 unspecified atom stereocenters. The van der Waals surface area contributed by atoms with E-state index in [0.29, 0.717) is 18.3 Å². The van der Waals surface area contributed by atoms with E-state index in [1.54, 1.807) is 6.07 Å². The maximum absolute atomic E-state index is 13.3. The van der Waals surface area contributed by atoms with Crippen molar-refractivity contribution < 1.29 is 9.13 Å². The Labute approximate surface area is 101 Å². The summed E-state index contributed by atoms with van der Waals surface area (Å²) < 4.78 is 18.7. The third-order valence-electron chi connectivity index (χ3n) is 1.81. The van der Waals surface area contributed by atoms with Crippen molar-refractivity contribution in [3.63, 3.8) is 0 Å². The van der Waals surface area contributed by atoms with E-state index >= 15 is 0 Å². The second kappa shape index (κ2) is 6.33. The molecule has 3 N–H and O–H groups in total. The molecule has 3 nitrogen and oxygen atoms in total. The van der Waals surface area contributed by atoms with Gasteiger partial charge in [-0.3, -0.25) is 5.41 Å². The number of halogens is 2. The van der Waals surface area contributed by atoms with Crippen molar-refractivity contribution >= 4 is 18.2 Å². The minimum Gasteiger partial charge on any atom is -0.493 e. The van der Waals surface area contributed by atoms with Crippen LogP contribution in [0.25, 0.3) is 0 Å². The second-order valence-corrected chi connectivity index (χ2v) is 3.76. The largest absolute Gasteiger partial charge is 0.493 e. The van der Waals surface area contributed by atoms with Crippen LogP contribution < -0.4 is 10.5 Å². The molecule has 1 aromatic rings. The van der Waals surface area contributed by atoms with Crippen molar-refractivity contribution in [3.05, 3.63) is 29.6 Å². The molecule has 90 valence electrons. The molecule has 0 radical (unpaired) electrons. The van der Waals surface area contributed by atoms with Gasteiger partial charge in [0.2, 0.25) is 0 Å². The first kappa shape index (κ1) is 14.7. The molecule has 0 aliphatic rings. The molecule has 0 fully saturated rings. The molecule has 1 aromatic carbocycles. The van der Waals surface area contributed by atoms with Gasteiger partial charge in [-0.25, -0.2) is 4.39 Å². The van der Waals surface area contributed by atoms with Crippen LogP contribution in [-0.4, -0.2) is 12.4 Å². The van der Waals surface area contributed by atoms with Crippen molar-refractivity contribution in [1.82, 2.24) is 0 Å². The lowest BCUT2D eigenvalue weighted by atomic mass is 10.2. The normalized spacial score (nSPS) is 9.75. The third-order valence-corrected chi connectivity index (χ3v) is 1.81.